The molecule has 0 aliphatic carbocycles. The molecule has 1 aliphatic heterocycles. The molecule has 2 heterocycles. The molecule has 30 heavy (non-hydrogen) atoms. The zero-order chi connectivity index (χ0) is 21.1. The van der Waals surface area contributed by atoms with E-state index in [1.54, 1.807) is 19.1 Å². The first-order chi connectivity index (χ1) is 14.5. The lowest BCUT2D eigenvalue weighted by Gasteiger charge is -2.34. The van der Waals surface area contributed by atoms with E-state index >= 15 is 0 Å². The number of para-hydroxylation sites is 1. The van der Waals surface area contributed by atoms with Crippen molar-refractivity contribution in [2.45, 2.75) is 32.7 Å². The number of rotatable bonds is 5. The highest BCUT2D eigenvalue weighted by Crippen LogP contribution is 2.28. The Bertz CT molecular complexity index is 1020. The van der Waals surface area contributed by atoms with E-state index in [4.69, 9.17) is 4.52 Å². The van der Waals surface area contributed by atoms with E-state index in [9.17, 15) is 9.18 Å². The summed E-state index contributed by atoms with van der Waals surface area (Å²) in [6.45, 7) is 5.18. The summed E-state index contributed by atoms with van der Waals surface area (Å²) >= 11 is 0. The fourth-order valence-electron chi connectivity index (χ4n) is 3.75. The molecule has 7 heteroatoms. The van der Waals surface area contributed by atoms with Crippen LogP contribution in [0.5, 0.6) is 0 Å². The van der Waals surface area contributed by atoms with Crippen molar-refractivity contribution in [2.24, 2.45) is 5.92 Å². The molecule has 1 amide bonds. The number of hydrogen-bond donors (Lipinski definition) is 1. The average molecular weight is 408 g/mol. The smallest absolute Gasteiger partial charge is 0.244 e. The van der Waals surface area contributed by atoms with Gasteiger partial charge in [-0.05, 0) is 57.0 Å². The van der Waals surface area contributed by atoms with Gasteiger partial charge in [0.15, 0.2) is 0 Å². The van der Waals surface area contributed by atoms with Gasteiger partial charge in [-0.2, -0.15) is 4.98 Å². The number of benzene rings is 2. The maximum atomic E-state index is 13.9. The van der Waals surface area contributed by atoms with Gasteiger partial charge >= 0.3 is 0 Å². The van der Waals surface area contributed by atoms with Crippen LogP contribution < -0.4 is 5.32 Å². The number of likely N-dealkylation sites (tertiary alicyclic amines) is 1. The van der Waals surface area contributed by atoms with Gasteiger partial charge in [0.2, 0.25) is 17.6 Å². The number of carbonyl (C=O) groups is 1. The van der Waals surface area contributed by atoms with Crippen LogP contribution in [0.1, 0.15) is 37.3 Å². The van der Waals surface area contributed by atoms with E-state index < -0.39 is 0 Å². The van der Waals surface area contributed by atoms with Gasteiger partial charge in [-0.15, -0.1) is 0 Å². The standard InChI is InChI=1S/C23H25FN4O2/c1-15-10-11-17(13-20(15)24)21-26-23(30-27-21)16(2)28-12-6-7-18(14-28)22(29)25-19-8-4-3-5-9-19/h3-5,8-11,13,16,18H,6-7,12,14H2,1-2H3,(H,25,29)/t16-,18-/m1/s1. The van der Waals surface area contributed by atoms with Gasteiger partial charge in [-0.25, -0.2) is 4.39 Å². The number of hydrogen-bond acceptors (Lipinski definition) is 5. The van der Waals surface area contributed by atoms with E-state index in [1.807, 2.05) is 37.3 Å². The Labute approximate surface area is 175 Å². The molecule has 2 aromatic carbocycles. The van der Waals surface area contributed by atoms with Crippen molar-refractivity contribution in [1.82, 2.24) is 15.0 Å². The minimum atomic E-state index is -0.296. The normalized spacial score (nSPS) is 18.2. The molecule has 1 fully saturated rings. The maximum Gasteiger partial charge on any atom is 0.244 e. The zero-order valence-electron chi connectivity index (χ0n) is 17.1. The number of piperidine rings is 1. The van der Waals surface area contributed by atoms with Crippen LogP contribution in [0.15, 0.2) is 53.1 Å². The molecule has 156 valence electrons. The Kier molecular flexibility index (Phi) is 5.90. The van der Waals surface area contributed by atoms with Gasteiger partial charge < -0.3 is 9.84 Å². The summed E-state index contributed by atoms with van der Waals surface area (Å²) in [4.78, 5) is 19.4. The molecule has 3 aromatic rings. The van der Waals surface area contributed by atoms with E-state index in [-0.39, 0.29) is 23.7 Å². The summed E-state index contributed by atoms with van der Waals surface area (Å²) in [5.41, 5.74) is 1.96. The van der Waals surface area contributed by atoms with Crippen LogP contribution in [-0.4, -0.2) is 34.0 Å². The molecule has 6 nitrogen and oxygen atoms in total. The predicted molar refractivity (Wildman–Crippen MR) is 112 cm³/mol. The third-order valence-corrected chi connectivity index (χ3v) is 5.64. The lowest BCUT2D eigenvalue weighted by atomic mass is 9.96. The first-order valence-electron chi connectivity index (χ1n) is 10.2. The molecule has 0 unspecified atom stereocenters. The Hall–Kier alpha value is -3.06. The lowest BCUT2D eigenvalue weighted by molar-refractivity contribution is -0.121. The number of aryl methyl sites for hydroxylation is 1. The number of nitrogens with one attached hydrogen (secondary N) is 1. The van der Waals surface area contributed by atoms with E-state index in [1.165, 1.54) is 6.07 Å². The number of amides is 1. The number of aromatic nitrogens is 2. The highest BCUT2D eigenvalue weighted by Gasteiger charge is 2.31. The Balaban J connectivity index is 1.43. The van der Waals surface area contributed by atoms with Crippen LogP contribution in [0, 0.1) is 18.7 Å². The fourth-order valence-corrected chi connectivity index (χ4v) is 3.75. The van der Waals surface area contributed by atoms with Crippen LogP contribution in [-0.2, 0) is 4.79 Å². The van der Waals surface area contributed by atoms with Gasteiger partial charge in [-0.3, -0.25) is 9.69 Å². The van der Waals surface area contributed by atoms with Crippen LogP contribution in [0.2, 0.25) is 0 Å². The third kappa shape index (κ3) is 4.41. The van der Waals surface area contributed by atoms with Gasteiger partial charge in [-0.1, -0.05) is 35.5 Å². The topological polar surface area (TPSA) is 71.3 Å². The number of carbonyl (C=O) groups excluding carboxylic acids is 1. The molecule has 1 aliphatic rings. The SMILES string of the molecule is Cc1ccc(-c2noc([C@@H](C)N3CCC[C@@H](C(=O)Nc4ccccc4)C3)n2)cc1F. The molecule has 0 radical (unpaired) electrons. The minimum Gasteiger partial charge on any atom is -0.337 e. The molecule has 1 N–H and O–H groups in total. The average Bonchev–Trinajstić information content (AvgIpc) is 3.26. The lowest BCUT2D eigenvalue weighted by Crippen LogP contribution is -2.41. The third-order valence-electron chi connectivity index (χ3n) is 5.64. The summed E-state index contributed by atoms with van der Waals surface area (Å²) < 4.78 is 19.3. The van der Waals surface area contributed by atoms with Crippen LogP contribution in [0.25, 0.3) is 11.4 Å². The van der Waals surface area contributed by atoms with Crippen molar-refractivity contribution >= 4 is 11.6 Å². The molecule has 0 bridgehead atoms. The zero-order valence-corrected chi connectivity index (χ0v) is 17.1. The second kappa shape index (κ2) is 8.75. The van der Waals surface area contributed by atoms with Gasteiger partial charge in [0, 0.05) is 17.8 Å². The minimum absolute atomic E-state index is 0.0273. The predicted octanol–water partition coefficient (Wildman–Crippen LogP) is 4.60. The van der Waals surface area contributed by atoms with E-state index in [2.05, 4.69) is 20.4 Å². The fraction of sp³-hybridized carbons (Fsp3) is 0.348. The summed E-state index contributed by atoms with van der Waals surface area (Å²) in [6, 6.07) is 14.3. The maximum absolute atomic E-state index is 13.9. The monoisotopic (exact) mass is 408 g/mol. The van der Waals surface area contributed by atoms with Crippen molar-refractivity contribution in [3.8, 4) is 11.4 Å². The number of anilines is 1. The molecule has 0 saturated carbocycles. The van der Waals surface area contributed by atoms with E-state index in [0.717, 1.165) is 25.1 Å². The van der Waals surface area contributed by atoms with Crippen LogP contribution >= 0.6 is 0 Å². The Morgan fingerprint density at radius 2 is 2.07 bits per heavy atom. The highest BCUT2D eigenvalue weighted by atomic mass is 19.1. The van der Waals surface area contributed by atoms with Crippen LogP contribution in [0.3, 0.4) is 0 Å². The first kappa shape index (κ1) is 20.2. The molecular formula is C23H25FN4O2. The molecule has 0 spiro atoms. The number of nitrogens with zero attached hydrogens (tertiary/aromatic N) is 3. The Morgan fingerprint density at radius 3 is 2.83 bits per heavy atom. The number of halogens is 1. The molecule has 4 rings (SSSR count). The van der Waals surface area contributed by atoms with Crippen molar-refractivity contribution in [3.05, 3.63) is 65.8 Å². The highest BCUT2D eigenvalue weighted by molar-refractivity contribution is 5.92. The summed E-state index contributed by atoms with van der Waals surface area (Å²) in [7, 11) is 0. The summed E-state index contributed by atoms with van der Waals surface area (Å²) in [6.07, 6.45) is 1.76. The first-order valence-corrected chi connectivity index (χ1v) is 10.2. The summed E-state index contributed by atoms with van der Waals surface area (Å²) in [5.74, 6) is 0.464. The van der Waals surface area contributed by atoms with Crippen molar-refractivity contribution in [1.29, 1.82) is 0 Å². The second-order valence-electron chi connectivity index (χ2n) is 7.79. The van der Waals surface area contributed by atoms with Gasteiger partial charge in [0.1, 0.15) is 5.82 Å². The molecule has 1 saturated heterocycles. The Morgan fingerprint density at radius 1 is 1.27 bits per heavy atom. The summed E-state index contributed by atoms with van der Waals surface area (Å²) in [5, 5.41) is 7.02. The quantitative estimate of drug-likeness (QED) is 0.668. The van der Waals surface area contributed by atoms with Crippen molar-refractivity contribution in [2.75, 3.05) is 18.4 Å². The van der Waals surface area contributed by atoms with Crippen molar-refractivity contribution < 1.29 is 13.7 Å². The van der Waals surface area contributed by atoms with Crippen molar-refractivity contribution in [3.63, 3.8) is 0 Å². The largest absolute Gasteiger partial charge is 0.337 e. The molecule has 1 aromatic heterocycles. The van der Waals surface area contributed by atoms with E-state index in [0.29, 0.717) is 29.4 Å². The van der Waals surface area contributed by atoms with Gasteiger partial charge in [0.25, 0.3) is 0 Å². The van der Waals surface area contributed by atoms with Crippen LogP contribution in [0.4, 0.5) is 10.1 Å². The molecule has 2 atom stereocenters. The second-order valence-corrected chi connectivity index (χ2v) is 7.79. The van der Waals surface area contributed by atoms with Gasteiger partial charge in [0.05, 0.1) is 12.0 Å². The molecular weight excluding hydrogens is 383 g/mol.